The Bertz CT molecular complexity index is 110. The van der Waals surface area contributed by atoms with E-state index in [9.17, 15) is 0 Å². The Labute approximate surface area is 60.2 Å². The lowest BCUT2D eigenvalue weighted by atomic mass is 9.83. The molecule has 0 atom stereocenters. The molecule has 1 spiro atoms. The first kappa shape index (κ1) is 6.05. The fraction of sp³-hybridized carbons (Fsp3) is 1.00. The molecular formula is C7H12OS. The van der Waals surface area contributed by atoms with Crippen molar-refractivity contribution in [1.82, 2.24) is 0 Å². The quantitative estimate of drug-likeness (QED) is 0.513. The van der Waals surface area contributed by atoms with Crippen LogP contribution in [0.2, 0.25) is 0 Å². The zero-order valence-corrected chi connectivity index (χ0v) is 6.54. The molecule has 0 radical (unpaired) electrons. The predicted molar refractivity (Wildman–Crippen MR) is 39.5 cm³/mol. The van der Waals surface area contributed by atoms with E-state index in [-0.39, 0.29) is 0 Å². The van der Waals surface area contributed by atoms with Crippen molar-refractivity contribution in [2.24, 2.45) is 5.92 Å². The Hall–Kier alpha value is 0.310. The van der Waals surface area contributed by atoms with Crippen molar-refractivity contribution in [2.75, 3.05) is 12.4 Å². The molecule has 0 unspecified atom stereocenters. The van der Waals surface area contributed by atoms with Crippen LogP contribution in [0.3, 0.4) is 0 Å². The molecule has 1 aliphatic carbocycles. The molecule has 0 aromatic heterocycles. The Morgan fingerprint density at radius 3 is 2.78 bits per heavy atom. The summed E-state index contributed by atoms with van der Waals surface area (Å²) in [7, 11) is 0. The highest BCUT2D eigenvalue weighted by molar-refractivity contribution is 8.00. The second-order valence-electron chi connectivity index (χ2n) is 3.12. The van der Waals surface area contributed by atoms with Gasteiger partial charge in [0.05, 0.1) is 6.61 Å². The van der Waals surface area contributed by atoms with E-state index in [0.717, 1.165) is 12.5 Å². The second-order valence-corrected chi connectivity index (χ2v) is 4.56. The van der Waals surface area contributed by atoms with Crippen LogP contribution in [0.5, 0.6) is 0 Å². The molecule has 1 nitrogen and oxygen atoms in total. The first-order valence-corrected chi connectivity index (χ1v) is 4.57. The van der Waals surface area contributed by atoms with Crippen molar-refractivity contribution in [1.29, 1.82) is 0 Å². The summed E-state index contributed by atoms with van der Waals surface area (Å²) in [6.07, 6.45) is 2.58. The molecule has 2 fully saturated rings. The minimum Gasteiger partial charge on any atom is -0.363 e. The largest absolute Gasteiger partial charge is 0.363 e. The number of hydrogen-bond acceptors (Lipinski definition) is 2. The van der Waals surface area contributed by atoms with Gasteiger partial charge in [0, 0.05) is 5.75 Å². The van der Waals surface area contributed by atoms with Crippen LogP contribution in [0.4, 0.5) is 0 Å². The van der Waals surface area contributed by atoms with Gasteiger partial charge in [0.25, 0.3) is 0 Å². The third-order valence-electron chi connectivity index (χ3n) is 2.13. The summed E-state index contributed by atoms with van der Waals surface area (Å²) in [4.78, 5) is 0.305. The van der Waals surface area contributed by atoms with Gasteiger partial charge in [-0.3, -0.25) is 0 Å². The molecule has 0 bridgehead atoms. The van der Waals surface area contributed by atoms with Gasteiger partial charge in [0.1, 0.15) is 4.93 Å². The topological polar surface area (TPSA) is 9.23 Å². The van der Waals surface area contributed by atoms with Crippen LogP contribution in [0.15, 0.2) is 0 Å². The molecule has 2 heteroatoms. The van der Waals surface area contributed by atoms with Crippen LogP contribution in [-0.4, -0.2) is 17.3 Å². The van der Waals surface area contributed by atoms with E-state index in [1.807, 2.05) is 11.8 Å². The van der Waals surface area contributed by atoms with Crippen LogP contribution < -0.4 is 0 Å². The van der Waals surface area contributed by atoms with Gasteiger partial charge in [-0.05, 0) is 18.8 Å². The molecule has 9 heavy (non-hydrogen) atoms. The Morgan fingerprint density at radius 2 is 2.33 bits per heavy atom. The molecule has 0 aromatic rings. The van der Waals surface area contributed by atoms with E-state index in [1.165, 1.54) is 18.6 Å². The zero-order valence-electron chi connectivity index (χ0n) is 5.72. The van der Waals surface area contributed by atoms with Gasteiger partial charge in [-0.1, -0.05) is 6.92 Å². The summed E-state index contributed by atoms with van der Waals surface area (Å²) in [5.41, 5.74) is 0. The Morgan fingerprint density at radius 1 is 1.56 bits per heavy atom. The van der Waals surface area contributed by atoms with Crippen LogP contribution in [-0.2, 0) is 4.74 Å². The van der Waals surface area contributed by atoms with E-state index >= 15 is 0 Å². The molecular weight excluding hydrogens is 132 g/mol. The summed E-state index contributed by atoms with van der Waals surface area (Å²) in [5, 5.41) is 0. The molecule has 1 saturated heterocycles. The number of hydrogen-bond donors (Lipinski definition) is 0. The third-order valence-corrected chi connectivity index (χ3v) is 3.48. The fourth-order valence-electron chi connectivity index (χ4n) is 1.73. The summed E-state index contributed by atoms with van der Waals surface area (Å²) < 4.78 is 5.61. The van der Waals surface area contributed by atoms with Gasteiger partial charge in [-0.2, -0.15) is 0 Å². The summed E-state index contributed by atoms with van der Waals surface area (Å²) in [5.74, 6) is 2.13. The standard InChI is InChI=1S/C7H12OS/c1-6-4-7(5-6)8-2-3-9-7/h6H,2-5H2,1H3. The predicted octanol–water partition coefficient (Wildman–Crippen LogP) is 1.88. The normalized spacial score (nSPS) is 49.7. The van der Waals surface area contributed by atoms with Gasteiger partial charge >= 0.3 is 0 Å². The summed E-state index contributed by atoms with van der Waals surface area (Å²) in [6, 6.07) is 0. The minimum absolute atomic E-state index is 0.305. The van der Waals surface area contributed by atoms with Gasteiger partial charge in [-0.15, -0.1) is 11.8 Å². The monoisotopic (exact) mass is 144 g/mol. The van der Waals surface area contributed by atoms with E-state index in [0.29, 0.717) is 4.93 Å². The maximum atomic E-state index is 5.61. The minimum atomic E-state index is 0.305. The molecule has 0 N–H and O–H groups in total. The summed E-state index contributed by atoms with van der Waals surface area (Å²) >= 11 is 2.01. The smallest absolute Gasteiger partial charge is 0.114 e. The molecule has 1 saturated carbocycles. The lowest BCUT2D eigenvalue weighted by Crippen LogP contribution is -2.39. The molecule has 2 aliphatic rings. The first-order chi connectivity index (χ1) is 4.31. The second kappa shape index (κ2) is 1.89. The van der Waals surface area contributed by atoms with Crippen molar-refractivity contribution in [3.8, 4) is 0 Å². The van der Waals surface area contributed by atoms with Crippen LogP contribution in [0.25, 0.3) is 0 Å². The van der Waals surface area contributed by atoms with E-state index in [1.54, 1.807) is 0 Å². The van der Waals surface area contributed by atoms with Crippen molar-refractivity contribution in [3.05, 3.63) is 0 Å². The lowest BCUT2D eigenvalue weighted by Gasteiger charge is -2.41. The molecule has 0 aromatic carbocycles. The third kappa shape index (κ3) is 0.887. The Kier molecular flexibility index (Phi) is 1.27. The van der Waals surface area contributed by atoms with Crippen LogP contribution in [0.1, 0.15) is 19.8 Å². The molecule has 52 valence electrons. The van der Waals surface area contributed by atoms with Crippen molar-refractivity contribution in [3.63, 3.8) is 0 Å². The number of thioether (sulfide) groups is 1. The number of rotatable bonds is 0. The van der Waals surface area contributed by atoms with E-state index in [2.05, 4.69) is 6.92 Å². The van der Waals surface area contributed by atoms with Gasteiger partial charge in [-0.25, -0.2) is 0 Å². The van der Waals surface area contributed by atoms with Crippen LogP contribution >= 0.6 is 11.8 Å². The maximum absolute atomic E-state index is 5.61. The number of ether oxygens (including phenoxy) is 1. The molecule has 2 rings (SSSR count). The highest BCUT2D eigenvalue weighted by Gasteiger charge is 2.46. The van der Waals surface area contributed by atoms with E-state index in [4.69, 9.17) is 4.74 Å². The highest BCUT2D eigenvalue weighted by Crippen LogP contribution is 2.51. The van der Waals surface area contributed by atoms with Gasteiger partial charge < -0.3 is 4.74 Å². The lowest BCUT2D eigenvalue weighted by molar-refractivity contribution is -0.0346. The molecule has 1 aliphatic heterocycles. The van der Waals surface area contributed by atoms with Gasteiger partial charge in [0.2, 0.25) is 0 Å². The zero-order chi connectivity index (χ0) is 6.32. The van der Waals surface area contributed by atoms with Crippen LogP contribution in [0, 0.1) is 5.92 Å². The fourth-order valence-corrected chi connectivity index (χ4v) is 3.24. The van der Waals surface area contributed by atoms with Gasteiger partial charge in [0.15, 0.2) is 0 Å². The SMILES string of the molecule is CC1CC2(C1)OCCS2. The summed E-state index contributed by atoms with van der Waals surface area (Å²) in [6.45, 7) is 3.28. The Balaban J connectivity index is 1.95. The average molecular weight is 144 g/mol. The average Bonchev–Trinajstić information content (AvgIpc) is 2.12. The highest BCUT2D eigenvalue weighted by atomic mass is 32.2. The van der Waals surface area contributed by atoms with E-state index < -0.39 is 0 Å². The van der Waals surface area contributed by atoms with Crippen molar-refractivity contribution >= 4 is 11.8 Å². The maximum Gasteiger partial charge on any atom is 0.114 e. The first-order valence-electron chi connectivity index (χ1n) is 3.59. The molecule has 1 heterocycles. The molecule has 0 amide bonds. The van der Waals surface area contributed by atoms with Crippen molar-refractivity contribution in [2.45, 2.75) is 24.7 Å². The van der Waals surface area contributed by atoms with Crippen molar-refractivity contribution < 1.29 is 4.74 Å².